The molecule has 0 aromatic heterocycles. The molecule has 0 unspecified atom stereocenters. The van der Waals surface area contributed by atoms with Gasteiger partial charge in [-0.15, -0.1) is 0 Å². The van der Waals surface area contributed by atoms with E-state index in [1.165, 1.54) is 0 Å². The molecular weight excluding hydrogens is 598 g/mol. The van der Waals surface area contributed by atoms with E-state index in [1.54, 1.807) is 0 Å². The first-order chi connectivity index (χ1) is 18.9. The maximum atomic E-state index is 15.5. The summed E-state index contributed by atoms with van der Waals surface area (Å²) in [5, 5.41) is 0. The summed E-state index contributed by atoms with van der Waals surface area (Å²) in [6.07, 6.45) is -4.83. The molecule has 0 amide bonds. The van der Waals surface area contributed by atoms with E-state index in [4.69, 9.17) is 0 Å². The molecule has 3 aromatic carbocycles. The summed E-state index contributed by atoms with van der Waals surface area (Å²) in [6, 6.07) is 0. The molecule has 0 spiro atoms. The number of nitrogens with zero attached hydrogens (tertiary/aromatic N) is 1. The standard InChI is InChI=1S/C24H9BF15N/c1-5-3-6(2)41(4-5)25(7-10(26)16(32)22(38)17(33)11(7)27,8-12(28)18(34)23(39)19(35)13(8)29)9-14(30)20(36)24(40)21(37)15(9)31/h3H,4H2,1-2H3. The van der Waals surface area contributed by atoms with Gasteiger partial charge in [0.05, 0.1) is 0 Å². The molecule has 1 aliphatic heterocycles. The van der Waals surface area contributed by atoms with Crippen molar-refractivity contribution in [2.24, 2.45) is 0 Å². The Kier molecular flexibility index (Phi) is 7.23. The van der Waals surface area contributed by atoms with Gasteiger partial charge in [-0.05, 0) is 28.9 Å². The number of rotatable bonds is 4. The third-order valence-corrected chi connectivity index (χ3v) is 6.78. The third kappa shape index (κ3) is 3.87. The predicted octanol–water partition coefficient (Wildman–Crippen LogP) is 5.17. The maximum absolute atomic E-state index is 15.5. The Balaban J connectivity index is 2.54. The van der Waals surface area contributed by atoms with E-state index in [9.17, 15) is 39.5 Å². The van der Waals surface area contributed by atoms with Gasteiger partial charge in [-0.1, -0.05) is 0 Å². The quantitative estimate of drug-likeness (QED) is 0.167. The summed E-state index contributed by atoms with van der Waals surface area (Å²) in [4.78, 5) is 0. The van der Waals surface area contributed by atoms with Crippen LogP contribution in [-0.4, -0.2) is 23.0 Å². The summed E-state index contributed by atoms with van der Waals surface area (Å²) in [5.41, 5.74) is -8.69. The highest BCUT2D eigenvalue weighted by atomic mass is 19.2. The summed E-state index contributed by atoms with van der Waals surface area (Å²) >= 11 is 0. The van der Waals surface area contributed by atoms with Crippen molar-refractivity contribution in [1.82, 2.24) is 0 Å². The highest BCUT2D eigenvalue weighted by Crippen LogP contribution is 2.30. The highest BCUT2D eigenvalue weighted by molar-refractivity contribution is 7.06. The molecule has 0 aliphatic carbocycles. The largest absolute Gasteiger partial charge is 0.439 e. The zero-order chi connectivity index (χ0) is 31.0. The van der Waals surface area contributed by atoms with Gasteiger partial charge in [0.15, 0.2) is 52.4 Å². The second-order valence-electron chi connectivity index (χ2n) is 9.03. The fourth-order valence-corrected chi connectivity index (χ4v) is 5.19. The van der Waals surface area contributed by atoms with Crippen LogP contribution in [0.3, 0.4) is 0 Å². The first-order valence-electron chi connectivity index (χ1n) is 10.9. The van der Waals surface area contributed by atoms with Crippen LogP contribution >= 0.6 is 0 Å². The van der Waals surface area contributed by atoms with Crippen LogP contribution in [0.15, 0.2) is 11.6 Å². The first kappa shape index (κ1) is 30.1. The molecular formula is C24H9BF15N. The van der Waals surface area contributed by atoms with Gasteiger partial charge in [-0.3, -0.25) is 0 Å². The van der Waals surface area contributed by atoms with E-state index < -0.39 is 122 Å². The van der Waals surface area contributed by atoms with E-state index in [0.717, 1.165) is 19.9 Å². The number of hydrogen-bond donors (Lipinski definition) is 0. The molecule has 0 N–H and O–H groups in total. The molecule has 0 atom stereocenters. The number of halogens is 15. The van der Waals surface area contributed by atoms with Gasteiger partial charge < -0.3 is 4.49 Å². The van der Waals surface area contributed by atoms with Crippen molar-refractivity contribution in [3.05, 3.63) is 98.9 Å². The van der Waals surface area contributed by atoms with Crippen LogP contribution in [0.4, 0.5) is 65.9 Å². The maximum Gasteiger partial charge on any atom is 0.372 e. The Bertz CT molecular complexity index is 1490. The van der Waals surface area contributed by atoms with Crippen molar-refractivity contribution < 1.29 is 70.3 Å². The van der Waals surface area contributed by atoms with Gasteiger partial charge in [0, 0.05) is 13.0 Å². The van der Waals surface area contributed by atoms with Crippen molar-refractivity contribution in [1.29, 1.82) is 0 Å². The normalized spacial score (nSPS) is 13.9. The molecule has 218 valence electrons. The monoisotopic (exact) mass is 607 g/mol. The number of hydrogen-bond acceptors (Lipinski definition) is 0. The van der Waals surface area contributed by atoms with E-state index in [2.05, 4.69) is 0 Å². The van der Waals surface area contributed by atoms with Crippen molar-refractivity contribution in [3.8, 4) is 0 Å². The van der Waals surface area contributed by atoms with Crippen molar-refractivity contribution in [2.75, 3.05) is 6.54 Å². The summed E-state index contributed by atoms with van der Waals surface area (Å²) < 4.78 is 222. The average Bonchev–Trinajstić information content (AvgIpc) is 3.28. The molecule has 1 aliphatic rings. The summed E-state index contributed by atoms with van der Waals surface area (Å²) in [6.45, 7) is 0.890. The van der Waals surface area contributed by atoms with Crippen LogP contribution in [0.5, 0.6) is 0 Å². The zero-order valence-electron chi connectivity index (χ0n) is 20.0. The molecule has 1 heterocycles. The molecule has 0 saturated heterocycles. The van der Waals surface area contributed by atoms with E-state index in [1.807, 2.05) is 0 Å². The molecule has 3 aromatic rings. The van der Waals surface area contributed by atoms with Crippen LogP contribution in [0, 0.1) is 87.3 Å². The molecule has 0 fully saturated rings. The lowest BCUT2D eigenvalue weighted by Gasteiger charge is -2.40. The lowest BCUT2D eigenvalue weighted by Crippen LogP contribution is -2.79. The van der Waals surface area contributed by atoms with E-state index in [0.29, 0.717) is 0 Å². The minimum Gasteiger partial charge on any atom is -0.439 e. The molecule has 0 saturated carbocycles. The van der Waals surface area contributed by atoms with Gasteiger partial charge in [0.25, 0.3) is 0 Å². The van der Waals surface area contributed by atoms with Crippen LogP contribution in [0.1, 0.15) is 13.8 Å². The minimum absolute atomic E-state index is 0.0319. The molecule has 0 bridgehead atoms. The van der Waals surface area contributed by atoms with Crippen molar-refractivity contribution >= 4 is 28.4 Å². The van der Waals surface area contributed by atoms with Gasteiger partial charge in [0.2, 0.25) is 0 Å². The molecule has 1 nitrogen and oxygen atoms in total. The fraction of sp³-hybridized carbons (Fsp3) is 0.125. The SMILES string of the molecule is CC1=CC(C)=[N+]([B-](c2c(F)c(F)c(F)c(F)c2F)(c2c(F)c(F)c(F)c(F)c2F)c2c(F)c(F)c(F)c(F)c2F)C1. The first-order valence-corrected chi connectivity index (χ1v) is 10.9. The average molecular weight is 607 g/mol. The van der Waals surface area contributed by atoms with Crippen molar-refractivity contribution in [3.63, 3.8) is 0 Å². The second-order valence-corrected chi connectivity index (χ2v) is 9.03. The molecule has 0 radical (unpaired) electrons. The van der Waals surface area contributed by atoms with Crippen molar-refractivity contribution in [2.45, 2.75) is 13.8 Å². The lowest BCUT2D eigenvalue weighted by atomic mass is 9.22. The lowest BCUT2D eigenvalue weighted by molar-refractivity contribution is -0.377. The number of allylic oxidation sites excluding steroid dienone is 1. The van der Waals surface area contributed by atoms with Gasteiger partial charge in [-0.2, -0.15) is 0 Å². The Morgan fingerprint density at radius 2 is 0.634 bits per heavy atom. The minimum atomic E-state index is -5.75. The van der Waals surface area contributed by atoms with Crippen LogP contribution in [0.2, 0.25) is 0 Å². The van der Waals surface area contributed by atoms with Gasteiger partial charge in [-0.25, -0.2) is 65.9 Å². The third-order valence-electron chi connectivity index (χ3n) is 6.78. The highest BCUT2D eigenvalue weighted by Gasteiger charge is 2.58. The predicted molar refractivity (Wildman–Crippen MR) is 113 cm³/mol. The second kappa shape index (κ2) is 9.87. The zero-order valence-corrected chi connectivity index (χ0v) is 20.0. The molecule has 41 heavy (non-hydrogen) atoms. The Hall–Kier alpha value is -3.92. The number of benzene rings is 3. The van der Waals surface area contributed by atoms with E-state index in [-0.39, 0.29) is 10.1 Å². The van der Waals surface area contributed by atoms with Crippen LogP contribution in [-0.2, 0) is 0 Å². The van der Waals surface area contributed by atoms with Crippen LogP contribution < -0.4 is 16.4 Å². The smallest absolute Gasteiger partial charge is 0.372 e. The van der Waals surface area contributed by atoms with E-state index >= 15 is 26.3 Å². The van der Waals surface area contributed by atoms with Gasteiger partial charge >= 0.3 is 6.28 Å². The summed E-state index contributed by atoms with van der Waals surface area (Å²) in [5.74, 6) is -45.3. The Morgan fingerprint density at radius 1 is 0.415 bits per heavy atom. The summed E-state index contributed by atoms with van der Waals surface area (Å²) in [7, 11) is 0. The fourth-order valence-electron chi connectivity index (χ4n) is 5.19. The molecule has 17 heteroatoms. The van der Waals surface area contributed by atoms with Gasteiger partial charge in [0.1, 0.15) is 47.2 Å². The molecule has 4 rings (SSSR count). The topological polar surface area (TPSA) is 3.01 Å². The Labute approximate surface area is 218 Å². The van der Waals surface area contributed by atoms with Crippen LogP contribution in [0.25, 0.3) is 0 Å². The Morgan fingerprint density at radius 3 is 0.829 bits per heavy atom.